The summed E-state index contributed by atoms with van der Waals surface area (Å²) in [5.74, 6) is 1.96. The number of likely N-dealkylation sites (tertiary alicyclic amines) is 1. The Kier molecular flexibility index (Phi) is 3.92. The van der Waals surface area contributed by atoms with Crippen LogP contribution in [-0.4, -0.2) is 38.6 Å². The summed E-state index contributed by atoms with van der Waals surface area (Å²) in [6.07, 6.45) is 8.50. The van der Waals surface area contributed by atoms with Crippen molar-refractivity contribution in [1.29, 1.82) is 0 Å². The summed E-state index contributed by atoms with van der Waals surface area (Å²) in [5.41, 5.74) is 0.699. The molecule has 6 heteroatoms. The summed E-state index contributed by atoms with van der Waals surface area (Å²) in [7, 11) is 1.88. The van der Waals surface area contributed by atoms with Crippen LogP contribution >= 0.6 is 0 Å². The molecule has 1 amide bonds. The van der Waals surface area contributed by atoms with Gasteiger partial charge in [0.1, 0.15) is 17.7 Å². The van der Waals surface area contributed by atoms with Gasteiger partial charge in [-0.1, -0.05) is 0 Å². The fraction of sp³-hybridized carbons (Fsp3) is 0.556. The number of amides is 1. The zero-order valence-electron chi connectivity index (χ0n) is 13.9. The first-order valence-corrected chi connectivity index (χ1v) is 8.67. The predicted molar refractivity (Wildman–Crippen MR) is 87.5 cm³/mol. The number of hydrogen-bond donors (Lipinski definition) is 1. The van der Waals surface area contributed by atoms with E-state index in [9.17, 15) is 9.90 Å². The molecule has 2 aromatic heterocycles. The van der Waals surface area contributed by atoms with E-state index in [0.29, 0.717) is 23.9 Å². The maximum absolute atomic E-state index is 12.9. The number of carbonyl (C=O) groups excluding carboxylic acids is 1. The quantitative estimate of drug-likeness (QED) is 0.935. The highest BCUT2D eigenvalue weighted by Crippen LogP contribution is 2.42. The van der Waals surface area contributed by atoms with Gasteiger partial charge in [0.25, 0.3) is 5.91 Å². The number of nitrogens with zero attached hydrogens (tertiary/aromatic N) is 3. The van der Waals surface area contributed by atoms with Crippen LogP contribution in [0.1, 0.15) is 59.6 Å². The zero-order valence-corrected chi connectivity index (χ0v) is 13.9. The lowest BCUT2D eigenvalue weighted by Crippen LogP contribution is -2.42. The Balaban J connectivity index is 1.49. The van der Waals surface area contributed by atoms with Crippen molar-refractivity contribution in [3.05, 3.63) is 41.9 Å². The highest BCUT2D eigenvalue weighted by atomic mass is 16.3. The molecule has 0 radical (unpaired) electrons. The SMILES string of the molecule is Cn1ccnc1[C@H](O)[C@H]1CCCN(C(=O)c2ccoc2C2CC2)C1. The molecular weight excluding hydrogens is 306 g/mol. The number of rotatable bonds is 4. The lowest BCUT2D eigenvalue weighted by atomic mass is 9.91. The van der Waals surface area contributed by atoms with Crippen LogP contribution in [-0.2, 0) is 7.05 Å². The van der Waals surface area contributed by atoms with Crippen LogP contribution in [0.4, 0.5) is 0 Å². The minimum atomic E-state index is -0.646. The maximum atomic E-state index is 12.9. The zero-order chi connectivity index (χ0) is 16.7. The van der Waals surface area contributed by atoms with E-state index in [1.54, 1.807) is 18.5 Å². The summed E-state index contributed by atoms with van der Waals surface area (Å²) in [6.45, 7) is 1.29. The Hall–Kier alpha value is -2.08. The van der Waals surface area contributed by atoms with Crippen LogP contribution in [0.5, 0.6) is 0 Å². The summed E-state index contributed by atoms with van der Waals surface area (Å²) >= 11 is 0. The highest BCUT2D eigenvalue weighted by molar-refractivity contribution is 5.95. The minimum Gasteiger partial charge on any atom is -0.468 e. The molecule has 4 rings (SSSR count). The van der Waals surface area contributed by atoms with Crippen LogP contribution < -0.4 is 0 Å². The lowest BCUT2D eigenvalue weighted by Gasteiger charge is -2.34. The van der Waals surface area contributed by atoms with Crippen molar-refractivity contribution in [3.63, 3.8) is 0 Å². The van der Waals surface area contributed by atoms with Gasteiger partial charge in [0.2, 0.25) is 0 Å². The molecule has 6 nitrogen and oxygen atoms in total. The molecular formula is C18H23N3O3. The standard InChI is InChI=1S/C18H23N3O3/c1-20-9-7-19-17(20)15(22)13-3-2-8-21(11-13)18(23)14-6-10-24-16(14)12-4-5-12/h6-7,9-10,12-13,15,22H,2-5,8,11H2,1H3/t13-,15+/m0/s1. The number of imidazole rings is 1. The number of aromatic nitrogens is 2. The number of aliphatic hydroxyl groups excluding tert-OH is 1. The van der Waals surface area contributed by atoms with Gasteiger partial charge >= 0.3 is 0 Å². The van der Waals surface area contributed by atoms with Gasteiger partial charge in [-0.25, -0.2) is 4.98 Å². The van der Waals surface area contributed by atoms with Gasteiger partial charge in [-0.15, -0.1) is 0 Å². The van der Waals surface area contributed by atoms with Crippen LogP contribution in [0, 0.1) is 5.92 Å². The van der Waals surface area contributed by atoms with Crippen molar-refractivity contribution < 1.29 is 14.3 Å². The molecule has 0 spiro atoms. The number of carbonyl (C=O) groups is 1. The third-order valence-electron chi connectivity index (χ3n) is 5.19. The predicted octanol–water partition coefficient (Wildman–Crippen LogP) is 2.48. The minimum absolute atomic E-state index is 0.0140. The molecule has 1 aliphatic heterocycles. The van der Waals surface area contributed by atoms with E-state index in [-0.39, 0.29) is 11.8 Å². The van der Waals surface area contributed by atoms with E-state index in [1.807, 2.05) is 22.7 Å². The largest absolute Gasteiger partial charge is 0.468 e. The molecule has 0 aromatic carbocycles. The third kappa shape index (κ3) is 2.75. The van der Waals surface area contributed by atoms with Crippen LogP contribution in [0.15, 0.2) is 29.1 Å². The molecule has 0 bridgehead atoms. The van der Waals surface area contributed by atoms with Gasteiger partial charge in [0.15, 0.2) is 0 Å². The van der Waals surface area contributed by atoms with E-state index in [1.165, 1.54) is 0 Å². The first-order valence-electron chi connectivity index (χ1n) is 8.67. The number of hydrogen-bond acceptors (Lipinski definition) is 4. The molecule has 1 N–H and O–H groups in total. The van der Waals surface area contributed by atoms with E-state index >= 15 is 0 Å². The maximum Gasteiger partial charge on any atom is 0.257 e. The lowest BCUT2D eigenvalue weighted by molar-refractivity contribution is 0.0357. The molecule has 128 valence electrons. The molecule has 1 saturated heterocycles. The van der Waals surface area contributed by atoms with E-state index in [2.05, 4.69) is 4.98 Å². The Morgan fingerprint density at radius 1 is 1.42 bits per heavy atom. The van der Waals surface area contributed by atoms with Gasteiger partial charge in [-0.05, 0) is 31.7 Å². The van der Waals surface area contributed by atoms with Crippen LogP contribution in [0.2, 0.25) is 0 Å². The first kappa shape index (κ1) is 15.4. The monoisotopic (exact) mass is 329 g/mol. The highest BCUT2D eigenvalue weighted by Gasteiger charge is 2.35. The second kappa shape index (κ2) is 6.09. The molecule has 1 aliphatic carbocycles. The van der Waals surface area contributed by atoms with Gasteiger partial charge in [0.05, 0.1) is 11.8 Å². The Morgan fingerprint density at radius 2 is 2.25 bits per heavy atom. The molecule has 3 heterocycles. The molecule has 0 unspecified atom stereocenters. The normalized spacial score (nSPS) is 22.6. The third-order valence-corrected chi connectivity index (χ3v) is 5.19. The molecule has 2 atom stereocenters. The number of piperidine rings is 1. The van der Waals surface area contributed by atoms with Crippen LogP contribution in [0.25, 0.3) is 0 Å². The second-order valence-electron chi connectivity index (χ2n) is 6.97. The number of aryl methyl sites for hydroxylation is 1. The Morgan fingerprint density at radius 3 is 2.96 bits per heavy atom. The van der Waals surface area contributed by atoms with Crippen molar-refractivity contribution in [2.24, 2.45) is 13.0 Å². The fourth-order valence-corrected chi connectivity index (χ4v) is 3.65. The Bertz CT molecular complexity index is 731. The molecule has 24 heavy (non-hydrogen) atoms. The van der Waals surface area contributed by atoms with E-state index in [4.69, 9.17) is 4.42 Å². The smallest absolute Gasteiger partial charge is 0.257 e. The molecule has 1 saturated carbocycles. The first-order chi connectivity index (χ1) is 11.6. The van der Waals surface area contributed by atoms with Gasteiger partial charge in [-0.2, -0.15) is 0 Å². The van der Waals surface area contributed by atoms with Crippen molar-refractivity contribution in [1.82, 2.24) is 14.5 Å². The average Bonchev–Trinajstić information content (AvgIpc) is 3.17. The number of furan rings is 1. The summed E-state index contributed by atoms with van der Waals surface area (Å²) in [5, 5.41) is 10.7. The Labute approximate surface area is 141 Å². The topological polar surface area (TPSA) is 71.5 Å². The molecule has 2 aliphatic rings. The van der Waals surface area contributed by atoms with E-state index in [0.717, 1.165) is 38.0 Å². The molecule has 2 fully saturated rings. The fourth-order valence-electron chi connectivity index (χ4n) is 3.65. The summed E-state index contributed by atoms with van der Waals surface area (Å²) < 4.78 is 7.38. The van der Waals surface area contributed by atoms with Crippen molar-refractivity contribution in [2.75, 3.05) is 13.1 Å². The van der Waals surface area contributed by atoms with Gasteiger partial charge in [0, 0.05) is 44.4 Å². The molecule has 2 aromatic rings. The van der Waals surface area contributed by atoms with Crippen molar-refractivity contribution in [2.45, 2.75) is 37.7 Å². The average molecular weight is 329 g/mol. The van der Waals surface area contributed by atoms with Crippen molar-refractivity contribution in [3.8, 4) is 0 Å². The number of aliphatic hydroxyl groups is 1. The van der Waals surface area contributed by atoms with Crippen molar-refractivity contribution >= 4 is 5.91 Å². The van der Waals surface area contributed by atoms with Gasteiger partial charge in [-0.3, -0.25) is 4.79 Å². The summed E-state index contributed by atoms with van der Waals surface area (Å²) in [4.78, 5) is 19.0. The second-order valence-corrected chi connectivity index (χ2v) is 6.97. The van der Waals surface area contributed by atoms with Gasteiger partial charge < -0.3 is 19.0 Å². The van der Waals surface area contributed by atoms with E-state index < -0.39 is 6.10 Å². The van der Waals surface area contributed by atoms with Crippen LogP contribution in [0.3, 0.4) is 0 Å². The summed E-state index contributed by atoms with van der Waals surface area (Å²) in [6, 6.07) is 1.79.